The molecule has 0 amide bonds. The molecule has 0 unspecified atom stereocenters. The van der Waals surface area contributed by atoms with E-state index in [9.17, 15) is 4.79 Å². The van der Waals surface area contributed by atoms with Gasteiger partial charge in [-0.1, -0.05) is 70.1 Å². The normalized spacial score (nSPS) is 11.3. The second-order valence-electron chi connectivity index (χ2n) is 6.92. The number of nitrogens with zero attached hydrogens (tertiary/aromatic N) is 2. The van der Waals surface area contributed by atoms with Crippen LogP contribution in [-0.4, -0.2) is 22.7 Å². The van der Waals surface area contributed by atoms with Crippen LogP contribution in [0.4, 0.5) is 0 Å². The van der Waals surface area contributed by atoms with Crippen molar-refractivity contribution in [2.45, 2.75) is 27.0 Å². The van der Waals surface area contributed by atoms with E-state index in [0.29, 0.717) is 23.4 Å². The van der Waals surface area contributed by atoms with Crippen LogP contribution in [0.1, 0.15) is 34.1 Å². The summed E-state index contributed by atoms with van der Waals surface area (Å²) < 4.78 is 13.0. The van der Waals surface area contributed by atoms with Crippen molar-refractivity contribution in [1.82, 2.24) is 9.78 Å². The molecule has 2 aromatic carbocycles. The fraction of sp³-hybridized carbons (Fsp3) is 0.217. The number of ketones is 1. The number of rotatable bonds is 8. The molecule has 0 aliphatic heterocycles. The van der Waals surface area contributed by atoms with Crippen molar-refractivity contribution in [1.29, 1.82) is 0 Å². The minimum Gasteiger partial charge on any atom is -0.496 e. The molecule has 0 saturated carbocycles. The largest absolute Gasteiger partial charge is 0.496 e. The number of halogens is 5. The van der Waals surface area contributed by atoms with E-state index in [4.69, 9.17) is 67.5 Å². The molecule has 0 radical (unpaired) electrons. The number of allylic oxidation sites excluding steroid dienone is 1. The Bertz CT molecular complexity index is 1210. The van der Waals surface area contributed by atoms with Crippen LogP contribution in [0, 0.1) is 6.92 Å². The summed E-state index contributed by atoms with van der Waals surface area (Å²) >= 11 is 30.7. The van der Waals surface area contributed by atoms with Gasteiger partial charge in [-0.3, -0.25) is 9.48 Å². The molecule has 1 heterocycles. The predicted octanol–water partition coefficient (Wildman–Crippen LogP) is 7.96. The van der Waals surface area contributed by atoms with Crippen LogP contribution in [0.5, 0.6) is 11.5 Å². The number of carbonyl (C=O) groups is 1. The second kappa shape index (κ2) is 11.0. The number of methoxy groups -OCH3 is 1. The van der Waals surface area contributed by atoms with Gasteiger partial charge in [-0.15, -0.1) is 0 Å². The zero-order valence-corrected chi connectivity index (χ0v) is 21.7. The zero-order chi connectivity index (χ0) is 24.3. The van der Waals surface area contributed by atoms with E-state index in [1.165, 1.54) is 6.08 Å². The smallest absolute Gasteiger partial charge is 0.189 e. The highest BCUT2D eigenvalue weighted by Gasteiger charge is 2.21. The molecule has 0 spiro atoms. The Kier molecular flexibility index (Phi) is 8.59. The Morgan fingerprint density at radius 2 is 1.70 bits per heavy atom. The van der Waals surface area contributed by atoms with Gasteiger partial charge in [0.2, 0.25) is 0 Å². The van der Waals surface area contributed by atoms with E-state index in [2.05, 4.69) is 5.10 Å². The topological polar surface area (TPSA) is 53.4 Å². The van der Waals surface area contributed by atoms with Gasteiger partial charge in [0.25, 0.3) is 0 Å². The molecule has 33 heavy (non-hydrogen) atoms. The molecule has 0 saturated heterocycles. The van der Waals surface area contributed by atoms with Crippen LogP contribution in [0.2, 0.25) is 25.1 Å². The van der Waals surface area contributed by atoms with Gasteiger partial charge >= 0.3 is 0 Å². The first-order chi connectivity index (χ1) is 15.7. The lowest BCUT2D eigenvalue weighted by molar-refractivity contribution is 0.104. The van der Waals surface area contributed by atoms with Crippen molar-refractivity contribution in [2.24, 2.45) is 0 Å². The maximum atomic E-state index is 12.6. The van der Waals surface area contributed by atoms with Gasteiger partial charge in [-0.25, -0.2) is 0 Å². The van der Waals surface area contributed by atoms with E-state index in [0.717, 1.165) is 11.3 Å². The molecule has 5 nitrogen and oxygen atoms in total. The highest BCUT2D eigenvalue weighted by Crippen LogP contribution is 2.48. The number of ether oxygens (including phenoxy) is 2. The Hall–Kier alpha value is -1.89. The Morgan fingerprint density at radius 3 is 2.27 bits per heavy atom. The van der Waals surface area contributed by atoms with Crippen LogP contribution < -0.4 is 9.47 Å². The lowest BCUT2D eigenvalue weighted by Gasteiger charge is -2.15. The lowest BCUT2D eigenvalue weighted by atomic mass is 10.1. The molecular weight excluding hydrogens is 530 g/mol. The highest BCUT2D eigenvalue weighted by atomic mass is 35.5. The molecule has 0 aliphatic rings. The molecule has 10 heteroatoms. The minimum absolute atomic E-state index is 0.0478. The summed E-state index contributed by atoms with van der Waals surface area (Å²) in [6, 6.07) is 5.42. The molecule has 3 aromatic rings. The standard InChI is InChI=1S/C23H19Cl5N2O3/c1-4-30-12(2)15(10-29-30)16(31)7-5-13-6-8-17(32-3)14(9-13)11-33-23-21(27)19(25)18(24)20(26)22(23)28/h5-10H,4,11H2,1-3H3/b7-5+. The predicted molar refractivity (Wildman–Crippen MR) is 135 cm³/mol. The van der Waals surface area contributed by atoms with Crippen molar-refractivity contribution < 1.29 is 14.3 Å². The van der Waals surface area contributed by atoms with Crippen molar-refractivity contribution in [3.8, 4) is 11.5 Å². The van der Waals surface area contributed by atoms with Crippen LogP contribution in [0.15, 0.2) is 30.5 Å². The van der Waals surface area contributed by atoms with Crippen molar-refractivity contribution in [3.05, 3.63) is 78.0 Å². The number of aryl methyl sites for hydroxylation is 1. The van der Waals surface area contributed by atoms with Crippen LogP contribution in [0.3, 0.4) is 0 Å². The summed E-state index contributed by atoms with van der Waals surface area (Å²) in [6.45, 7) is 4.58. The molecule has 3 rings (SSSR count). The minimum atomic E-state index is -0.134. The lowest BCUT2D eigenvalue weighted by Crippen LogP contribution is -2.02. The van der Waals surface area contributed by atoms with Gasteiger partial charge in [0.1, 0.15) is 22.4 Å². The summed E-state index contributed by atoms with van der Waals surface area (Å²) in [4.78, 5) is 12.6. The van der Waals surface area contributed by atoms with Crippen molar-refractivity contribution >= 4 is 69.9 Å². The molecular formula is C23H19Cl5N2O3. The third-order valence-electron chi connectivity index (χ3n) is 4.94. The first kappa shape index (κ1) is 25.7. The third kappa shape index (κ3) is 5.44. The van der Waals surface area contributed by atoms with Gasteiger partial charge in [0, 0.05) is 17.8 Å². The Labute approximate surface area is 216 Å². The first-order valence-corrected chi connectivity index (χ1v) is 11.6. The number of hydrogen-bond acceptors (Lipinski definition) is 4. The van der Waals surface area contributed by atoms with E-state index in [-0.39, 0.29) is 43.3 Å². The summed E-state index contributed by atoms with van der Waals surface area (Å²) in [5, 5.41) is 4.47. The summed E-state index contributed by atoms with van der Waals surface area (Å²) in [5.74, 6) is 0.557. The number of carbonyl (C=O) groups excluding carboxylic acids is 1. The van der Waals surface area contributed by atoms with Crippen LogP contribution in [-0.2, 0) is 13.2 Å². The van der Waals surface area contributed by atoms with Crippen LogP contribution >= 0.6 is 58.0 Å². The van der Waals surface area contributed by atoms with Gasteiger partial charge in [-0.2, -0.15) is 5.10 Å². The van der Waals surface area contributed by atoms with Gasteiger partial charge < -0.3 is 9.47 Å². The molecule has 1 aromatic heterocycles. The molecule has 174 valence electrons. The van der Waals surface area contributed by atoms with E-state index < -0.39 is 0 Å². The monoisotopic (exact) mass is 546 g/mol. The number of aromatic nitrogens is 2. The van der Waals surface area contributed by atoms with E-state index in [1.54, 1.807) is 30.1 Å². The fourth-order valence-corrected chi connectivity index (χ4v) is 4.38. The molecule has 0 fully saturated rings. The van der Waals surface area contributed by atoms with Crippen LogP contribution in [0.25, 0.3) is 6.08 Å². The van der Waals surface area contributed by atoms with E-state index in [1.807, 2.05) is 26.0 Å². The zero-order valence-electron chi connectivity index (χ0n) is 17.9. The van der Waals surface area contributed by atoms with Gasteiger partial charge in [-0.05, 0) is 37.6 Å². The summed E-state index contributed by atoms with van der Waals surface area (Å²) in [7, 11) is 1.54. The first-order valence-electron chi connectivity index (χ1n) is 9.75. The molecule has 0 bridgehead atoms. The fourth-order valence-electron chi connectivity index (χ4n) is 3.15. The third-order valence-corrected chi connectivity index (χ3v) is 7.18. The summed E-state index contributed by atoms with van der Waals surface area (Å²) in [5.41, 5.74) is 2.85. The Morgan fingerprint density at radius 1 is 1.06 bits per heavy atom. The quantitative estimate of drug-likeness (QED) is 0.124. The second-order valence-corrected chi connectivity index (χ2v) is 8.81. The van der Waals surface area contributed by atoms with Crippen molar-refractivity contribution in [3.63, 3.8) is 0 Å². The number of benzene rings is 2. The molecule has 0 N–H and O–H groups in total. The average molecular weight is 549 g/mol. The molecule has 0 aliphatic carbocycles. The van der Waals surface area contributed by atoms with Gasteiger partial charge in [0.05, 0.1) is 33.9 Å². The van der Waals surface area contributed by atoms with Gasteiger partial charge in [0.15, 0.2) is 11.5 Å². The maximum absolute atomic E-state index is 12.6. The van der Waals surface area contributed by atoms with E-state index >= 15 is 0 Å². The SMILES string of the molecule is CCn1ncc(C(=O)/C=C/c2ccc(OC)c(COc3c(Cl)c(Cl)c(Cl)c(Cl)c3Cl)c2)c1C. The Balaban J connectivity index is 1.84. The average Bonchev–Trinajstić information content (AvgIpc) is 3.20. The number of hydrogen-bond donors (Lipinski definition) is 0. The molecule has 0 atom stereocenters. The van der Waals surface area contributed by atoms with Crippen molar-refractivity contribution in [2.75, 3.05) is 7.11 Å². The highest BCUT2D eigenvalue weighted by molar-refractivity contribution is 6.55. The summed E-state index contributed by atoms with van der Waals surface area (Å²) in [6.07, 6.45) is 4.79. The maximum Gasteiger partial charge on any atom is 0.189 e.